The van der Waals surface area contributed by atoms with Crippen molar-refractivity contribution in [1.29, 1.82) is 0 Å². The van der Waals surface area contributed by atoms with Crippen LogP contribution in [-0.2, 0) is 6.42 Å². The smallest absolute Gasteiger partial charge is 0.120 e. The molecule has 96 valence electrons. The van der Waals surface area contributed by atoms with Crippen LogP contribution in [0.4, 0.5) is 0 Å². The van der Waals surface area contributed by atoms with E-state index in [1.165, 1.54) is 0 Å². The normalized spacial score (nSPS) is 12.4. The summed E-state index contributed by atoms with van der Waals surface area (Å²) >= 11 is 6.14. The summed E-state index contributed by atoms with van der Waals surface area (Å²) in [4.78, 5) is 0. The Hall–Kier alpha value is -1.45. The summed E-state index contributed by atoms with van der Waals surface area (Å²) in [6, 6.07) is 6.99. The predicted molar refractivity (Wildman–Crippen MR) is 70.2 cm³/mol. The van der Waals surface area contributed by atoms with Gasteiger partial charge in [-0.3, -0.25) is 0 Å². The van der Waals surface area contributed by atoms with Crippen LogP contribution in [-0.4, -0.2) is 12.2 Å². The fourth-order valence-corrected chi connectivity index (χ4v) is 2.18. The van der Waals surface area contributed by atoms with Crippen molar-refractivity contribution in [3.8, 4) is 5.75 Å². The van der Waals surface area contributed by atoms with Crippen molar-refractivity contribution in [1.82, 2.24) is 0 Å². The van der Waals surface area contributed by atoms with E-state index in [4.69, 9.17) is 20.8 Å². The van der Waals surface area contributed by atoms with Crippen molar-refractivity contribution >= 4 is 11.6 Å². The molecule has 0 radical (unpaired) electrons. The van der Waals surface area contributed by atoms with Gasteiger partial charge >= 0.3 is 0 Å². The lowest BCUT2D eigenvalue weighted by Gasteiger charge is -2.13. The number of hydrogen-bond donors (Lipinski definition) is 1. The SMILES string of the molecule is CCc1occc1C(O)c1ccc(OC)cc1Cl. The van der Waals surface area contributed by atoms with E-state index in [1.807, 2.05) is 6.92 Å². The van der Waals surface area contributed by atoms with Gasteiger partial charge in [0.2, 0.25) is 0 Å². The molecule has 0 saturated heterocycles. The molecule has 2 rings (SSSR count). The number of rotatable bonds is 4. The van der Waals surface area contributed by atoms with Gasteiger partial charge < -0.3 is 14.3 Å². The molecule has 0 bridgehead atoms. The van der Waals surface area contributed by atoms with Gasteiger partial charge in [-0.2, -0.15) is 0 Å². The van der Waals surface area contributed by atoms with E-state index in [1.54, 1.807) is 37.6 Å². The summed E-state index contributed by atoms with van der Waals surface area (Å²) in [7, 11) is 1.58. The van der Waals surface area contributed by atoms with Gasteiger partial charge in [0.05, 0.1) is 18.4 Å². The standard InChI is InChI=1S/C14H15ClO3/c1-3-13-11(6-7-18-13)14(16)10-5-4-9(17-2)8-12(10)15/h4-8,14,16H,3H2,1-2H3. The zero-order valence-corrected chi connectivity index (χ0v) is 11.1. The summed E-state index contributed by atoms with van der Waals surface area (Å²) in [5.41, 5.74) is 1.40. The molecule has 0 fully saturated rings. The second-order valence-electron chi connectivity index (χ2n) is 3.94. The van der Waals surface area contributed by atoms with Crippen LogP contribution >= 0.6 is 11.6 Å². The molecular weight excluding hydrogens is 252 g/mol. The lowest BCUT2D eigenvalue weighted by atomic mass is 10.0. The van der Waals surface area contributed by atoms with E-state index in [0.717, 1.165) is 17.7 Å². The fraction of sp³-hybridized carbons (Fsp3) is 0.286. The Balaban J connectivity index is 2.37. The lowest BCUT2D eigenvalue weighted by Crippen LogP contribution is -2.02. The van der Waals surface area contributed by atoms with Crippen LogP contribution in [0.15, 0.2) is 34.9 Å². The molecule has 0 aliphatic rings. The van der Waals surface area contributed by atoms with Crippen molar-refractivity contribution in [2.45, 2.75) is 19.4 Å². The summed E-state index contributed by atoms with van der Waals surface area (Å²) < 4.78 is 10.4. The third kappa shape index (κ3) is 2.37. The van der Waals surface area contributed by atoms with Crippen LogP contribution in [0.25, 0.3) is 0 Å². The number of hydrogen-bond acceptors (Lipinski definition) is 3. The molecule has 0 aliphatic carbocycles. The third-order valence-corrected chi connectivity index (χ3v) is 3.23. The van der Waals surface area contributed by atoms with E-state index < -0.39 is 6.10 Å². The van der Waals surface area contributed by atoms with Crippen LogP contribution < -0.4 is 4.74 Å². The first-order valence-electron chi connectivity index (χ1n) is 5.75. The van der Waals surface area contributed by atoms with E-state index in [2.05, 4.69) is 0 Å². The lowest BCUT2D eigenvalue weighted by molar-refractivity contribution is 0.217. The molecule has 0 saturated carbocycles. The van der Waals surface area contributed by atoms with E-state index in [0.29, 0.717) is 16.3 Å². The first-order valence-corrected chi connectivity index (χ1v) is 6.13. The van der Waals surface area contributed by atoms with Gasteiger partial charge in [-0.15, -0.1) is 0 Å². The fourth-order valence-electron chi connectivity index (χ4n) is 1.91. The highest BCUT2D eigenvalue weighted by molar-refractivity contribution is 6.31. The number of aliphatic hydroxyl groups excluding tert-OH is 1. The highest BCUT2D eigenvalue weighted by atomic mass is 35.5. The van der Waals surface area contributed by atoms with Crippen molar-refractivity contribution in [2.24, 2.45) is 0 Å². The van der Waals surface area contributed by atoms with Crippen molar-refractivity contribution < 1.29 is 14.3 Å². The van der Waals surface area contributed by atoms with Crippen LogP contribution in [0.3, 0.4) is 0 Å². The Morgan fingerprint density at radius 3 is 2.72 bits per heavy atom. The number of ether oxygens (including phenoxy) is 1. The minimum atomic E-state index is -0.780. The first-order chi connectivity index (χ1) is 8.67. The molecular formula is C14H15ClO3. The van der Waals surface area contributed by atoms with Gasteiger partial charge in [0.1, 0.15) is 17.6 Å². The topological polar surface area (TPSA) is 42.6 Å². The van der Waals surface area contributed by atoms with E-state index in [9.17, 15) is 5.11 Å². The Morgan fingerprint density at radius 1 is 1.33 bits per heavy atom. The second kappa shape index (κ2) is 5.46. The second-order valence-corrected chi connectivity index (χ2v) is 4.35. The maximum atomic E-state index is 10.4. The highest BCUT2D eigenvalue weighted by Crippen LogP contribution is 2.33. The number of halogens is 1. The zero-order valence-electron chi connectivity index (χ0n) is 10.3. The molecule has 1 unspecified atom stereocenters. The Kier molecular flexibility index (Phi) is 3.94. The molecule has 2 aromatic rings. The van der Waals surface area contributed by atoms with Crippen LogP contribution in [0, 0.1) is 0 Å². The molecule has 1 N–H and O–H groups in total. The molecule has 1 aromatic heterocycles. The average Bonchev–Trinajstić information content (AvgIpc) is 2.86. The third-order valence-electron chi connectivity index (χ3n) is 2.90. The molecule has 0 spiro atoms. The van der Waals surface area contributed by atoms with Gasteiger partial charge in [0.25, 0.3) is 0 Å². The first kappa shape index (κ1) is 13.0. The Bertz CT molecular complexity index is 534. The molecule has 1 aromatic carbocycles. The number of benzene rings is 1. The van der Waals surface area contributed by atoms with Crippen LogP contribution in [0.1, 0.15) is 29.9 Å². The van der Waals surface area contributed by atoms with Crippen LogP contribution in [0.2, 0.25) is 5.02 Å². The molecule has 0 amide bonds. The van der Waals surface area contributed by atoms with Gasteiger partial charge in [0.15, 0.2) is 0 Å². The molecule has 0 aliphatic heterocycles. The molecule has 1 heterocycles. The maximum absolute atomic E-state index is 10.4. The van der Waals surface area contributed by atoms with E-state index in [-0.39, 0.29) is 0 Å². The minimum Gasteiger partial charge on any atom is -0.497 e. The number of methoxy groups -OCH3 is 1. The minimum absolute atomic E-state index is 0.477. The van der Waals surface area contributed by atoms with Gasteiger partial charge in [-0.25, -0.2) is 0 Å². The van der Waals surface area contributed by atoms with Gasteiger partial charge in [-0.1, -0.05) is 24.6 Å². The number of aliphatic hydroxyl groups is 1. The monoisotopic (exact) mass is 266 g/mol. The molecule has 3 nitrogen and oxygen atoms in total. The maximum Gasteiger partial charge on any atom is 0.120 e. The summed E-state index contributed by atoms with van der Waals surface area (Å²) in [5.74, 6) is 1.44. The Morgan fingerprint density at radius 2 is 2.11 bits per heavy atom. The van der Waals surface area contributed by atoms with Gasteiger partial charge in [0, 0.05) is 17.5 Å². The zero-order chi connectivity index (χ0) is 13.1. The number of aryl methyl sites for hydroxylation is 1. The van der Waals surface area contributed by atoms with Crippen molar-refractivity contribution in [2.75, 3.05) is 7.11 Å². The highest BCUT2D eigenvalue weighted by Gasteiger charge is 2.19. The molecule has 1 atom stereocenters. The Labute approximate surface area is 111 Å². The summed E-state index contributed by atoms with van der Waals surface area (Å²) in [6.45, 7) is 1.98. The quantitative estimate of drug-likeness (QED) is 0.920. The van der Waals surface area contributed by atoms with E-state index >= 15 is 0 Å². The van der Waals surface area contributed by atoms with Gasteiger partial charge in [-0.05, 0) is 18.2 Å². The van der Waals surface area contributed by atoms with Crippen molar-refractivity contribution in [3.63, 3.8) is 0 Å². The number of furan rings is 1. The average molecular weight is 267 g/mol. The summed E-state index contributed by atoms with van der Waals surface area (Å²) in [5, 5.41) is 10.8. The molecule has 18 heavy (non-hydrogen) atoms. The van der Waals surface area contributed by atoms with Crippen molar-refractivity contribution in [3.05, 3.63) is 52.4 Å². The molecule has 4 heteroatoms. The predicted octanol–water partition coefficient (Wildman–Crippen LogP) is 3.59. The summed E-state index contributed by atoms with van der Waals surface area (Å²) in [6.07, 6.45) is 1.53. The van der Waals surface area contributed by atoms with Crippen LogP contribution in [0.5, 0.6) is 5.75 Å². The largest absolute Gasteiger partial charge is 0.497 e.